The first kappa shape index (κ1) is 16.6. The molecule has 0 fully saturated rings. The zero-order valence-corrected chi connectivity index (χ0v) is 14.3. The summed E-state index contributed by atoms with van der Waals surface area (Å²) in [5.74, 6) is 1.94. The van der Waals surface area contributed by atoms with Gasteiger partial charge in [0.2, 0.25) is 0 Å². The van der Waals surface area contributed by atoms with Crippen LogP contribution in [0, 0.1) is 20.8 Å². The Hall–Kier alpha value is -3.22. The molecule has 128 valence electrons. The standard InChI is InChI=1S/C18H19N5O2/c1-11-6-4-5-7-14(11)10-19-18(24)15-9-16(21-13(3)20-15)22-17-8-12(2)25-23-17/h4-9H,10H2,1-3H3,(H,19,24)(H,20,21,22,23). The number of hydrogen-bond donors (Lipinski definition) is 2. The number of nitrogens with zero attached hydrogens (tertiary/aromatic N) is 3. The second-order valence-electron chi connectivity index (χ2n) is 5.74. The minimum atomic E-state index is -0.256. The average Bonchev–Trinajstić information content (AvgIpc) is 2.98. The molecule has 0 saturated heterocycles. The van der Waals surface area contributed by atoms with Gasteiger partial charge in [-0.05, 0) is 31.9 Å². The van der Waals surface area contributed by atoms with Crippen molar-refractivity contribution in [3.05, 3.63) is 64.8 Å². The molecule has 0 spiro atoms. The highest BCUT2D eigenvalue weighted by Gasteiger charge is 2.12. The molecule has 3 rings (SSSR count). The number of aromatic nitrogens is 3. The van der Waals surface area contributed by atoms with Crippen LogP contribution in [0.1, 0.15) is 33.2 Å². The molecule has 25 heavy (non-hydrogen) atoms. The molecule has 0 atom stereocenters. The van der Waals surface area contributed by atoms with Crippen LogP contribution < -0.4 is 10.6 Å². The molecule has 2 aromatic heterocycles. The van der Waals surface area contributed by atoms with Gasteiger partial charge in [-0.25, -0.2) is 9.97 Å². The van der Waals surface area contributed by atoms with Crippen LogP contribution in [0.3, 0.4) is 0 Å². The Kier molecular flexibility index (Phi) is 4.74. The number of aryl methyl sites for hydroxylation is 3. The molecule has 1 amide bonds. The first-order valence-electron chi connectivity index (χ1n) is 7.90. The van der Waals surface area contributed by atoms with Crippen molar-refractivity contribution in [2.75, 3.05) is 5.32 Å². The van der Waals surface area contributed by atoms with Gasteiger partial charge in [-0.15, -0.1) is 0 Å². The predicted octanol–water partition coefficient (Wildman–Crippen LogP) is 3.06. The highest BCUT2D eigenvalue weighted by atomic mass is 16.5. The summed E-state index contributed by atoms with van der Waals surface area (Å²) < 4.78 is 5.01. The van der Waals surface area contributed by atoms with Crippen molar-refractivity contribution < 1.29 is 9.32 Å². The largest absolute Gasteiger partial charge is 0.360 e. The van der Waals surface area contributed by atoms with Crippen molar-refractivity contribution in [2.45, 2.75) is 27.3 Å². The third kappa shape index (κ3) is 4.20. The summed E-state index contributed by atoms with van der Waals surface area (Å²) in [6.45, 7) is 5.99. The summed E-state index contributed by atoms with van der Waals surface area (Å²) in [6.07, 6.45) is 0. The van der Waals surface area contributed by atoms with E-state index in [0.717, 1.165) is 11.1 Å². The molecule has 2 N–H and O–H groups in total. The van der Waals surface area contributed by atoms with Crippen LogP contribution in [0.2, 0.25) is 0 Å². The van der Waals surface area contributed by atoms with Crippen molar-refractivity contribution in [2.24, 2.45) is 0 Å². The van der Waals surface area contributed by atoms with Gasteiger partial charge in [0.1, 0.15) is 23.1 Å². The van der Waals surface area contributed by atoms with Gasteiger partial charge in [0, 0.05) is 18.7 Å². The minimum Gasteiger partial charge on any atom is -0.360 e. The van der Waals surface area contributed by atoms with Gasteiger partial charge >= 0.3 is 0 Å². The first-order chi connectivity index (χ1) is 12.0. The van der Waals surface area contributed by atoms with Gasteiger partial charge in [0.05, 0.1) is 0 Å². The van der Waals surface area contributed by atoms with Gasteiger partial charge in [0.15, 0.2) is 5.82 Å². The lowest BCUT2D eigenvalue weighted by atomic mass is 10.1. The van der Waals surface area contributed by atoms with E-state index in [1.807, 2.05) is 31.2 Å². The predicted molar refractivity (Wildman–Crippen MR) is 93.6 cm³/mol. The van der Waals surface area contributed by atoms with Crippen molar-refractivity contribution >= 4 is 17.5 Å². The molecule has 0 bridgehead atoms. The maximum absolute atomic E-state index is 12.4. The van der Waals surface area contributed by atoms with Gasteiger partial charge in [-0.2, -0.15) is 0 Å². The van der Waals surface area contributed by atoms with Crippen molar-refractivity contribution in [1.82, 2.24) is 20.4 Å². The molecular formula is C18H19N5O2. The monoisotopic (exact) mass is 337 g/mol. The molecule has 0 aliphatic rings. The minimum absolute atomic E-state index is 0.256. The third-order valence-electron chi connectivity index (χ3n) is 3.66. The Labute approximate surface area is 145 Å². The fraction of sp³-hybridized carbons (Fsp3) is 0.222. The Morgan fingerprint density at radius 1 is 1.08 bits per heavy atom. The van der Waals surface area contributed by atoms with E-state index in [4.69, 9.17) is 4.52 Å². The molecule has 0 saturated carbocycles. The molecule has 7 heteroatoms. The maximum atomic E-state index is 12.4. The number of carbonyl (C=O) groups is 1. The highest BCUT2D eigenvalue weighted by molar-refractivity contribution is 5.93. The van der Waals surface area contributed by atoms with E-state index in [1.54, 1.807) is 26.0 Å². The van der Waals surface area contributed by atoms with Crippen LogP contribution in [-0.2, 0) is 6.54 Å². The highest BCUT2D eigenvalue weighted by Crippen LogP contribution is 2.15. The van der Waals surface area contributed by atoms with Crippen molar-refractivity contribution in [3.8, 4) is 0 Å². The molecular weight excluding hydrogens is 318 g/mol. The van der Waals surface area contributed by atoms with E-state index in [0.29, 0.717) is 35.5 Å². The quantitative estimate of drug-likeness (QED) is 0.743. The van der Waals surface area contributed by atoms with E-state index in [2.05, 4.69) is 25.8 Å². The summed E-state index contributed by atoms with van der Waals surface area (Å²) in [4.78, 5) is 20.9. The van der Waals surface area contributed by atoms with Gasteiger partial charge < -0.3 is 15.2 Å². The summed E-state index contributed by atoms with van der Waals surface area (Å²) >= 11 is 0. The molecule has 0 aliphatic heterocycles. The van der Waals surface area contributed by atoms with Crippen LogP contribution in [-0.4, -0.2) is 21.0 Å². The molecule has 1 aromatic carbocycles. The maximum Gasteiger partial charge on any atom is 0.270 e. The summed E-state index contributed by atoms with van der Waals surface area (Å²) in [7, 11) is 0. The number of hydrogen-bond acceptors (Lipinski definition) is 6. The number of benzene rings is 1. The molecule has 0 radical (unpaired) electrons. The third-order valence-corrected chi connectivity index (χ3v) is 3.66. The lowest BCUT2D eigenvalue weighted by Crippen LogP contribution is -2.24. The van der Waals surface area contributed by atoms with E-state index in [9.17, 15) is 4.79 Å². The summed E-state index contributed by atoms with van der Waals surface area (Å²) in [5.41, 5.74) is 2.49. The summed E-state index contributed by atoms with van der Waals surface area (Å²) in [5, 5.41) is 9.75. The fourth-order valence-electron chi connectivity index (χ4n) is 2.38. The Morgan fingerprint density at radius 2 is 1.88 bits per heavy atom. The average molecular weight is 337 g/mol. The molecule has 2 heterocycles. The Bertz CT molecular complexity index is 904. The smallest absolute Gasteiger partial charge is 0.270 e. The number of nitrogens with one attached hydrogen (secondary N) is 2. The van der Waals surface area contributed by atoms with Gasteiger partial charge in [-0.1, -0.05) is 29.4 Å². The lowest BCUT2D eigenvalue weighted by molar-refractivity contribution is 0.0945. The number of carbonyl (C=O) groups excluding carboxylic acids is 1. The summed E-state index contributed by atoms with van der Waals surface area (Å²) in [6, 6.07) is 11.3. The second kappa shape index (κ2) is 7.12. The van der Waals surface area contributed by atoms with Crippen LogP contribution >= 0.6 is 0 Å². The number of anilines is 2. The van der Waals surface area contributed by atoms with Crippen molar-refractivity contribution in [1.29, 1.82) is 0 Å². The molecule has 0 aliphatic carbocycles. The van der Waals surface area contributed by atoms with Crippen LogP contribution in [0.4, 0.5) is 11.6 Å². The lowest BCUT2D eigenvalue weighted by Gasteiger charge is -2.09. The number of amides is 1. The van der Waals surface area contributed by atoms with Crippen LogP contribution in [0.5, 0.6) is 0 Å². The SMILES string of the molecule is Cc1nc(Nc2cc(C)on2)cc(C(=O)NCc2ccccc2C)n1. The van der Waals surface area contributed by atoms with E-state index >= 15 is 0 Å². The van der Waals surface area contributed by atoms with E-state index in [1.165, 1.54) is 0 Å². The van der Waals surface area contributed by atoms with Gasteiger partial charge in [0.25, 0.3) is 5.91 Å². The number of rotatable bonds is 5. The second-order valence-corrected chi connectivity index (χ2v) is 5.74. The molecule has 7 nitrogen and oxygen atoms in total. The van der Waals surface area contributed by atoms with E-state index in [-0.39, 0.29) is 5.91 Å². The fourth-order valence-corrected chi connectivity index (χ4v) is 2.38. The van der Waals surface area contributed by atoms with Crippen LogP contribution in [0.15, 0.2) is 40.9 Å². The normalized spacial score (nSPS) is 10.5. The first-order valence-corrected chi connectivity index (χ1v) is 7.90. The Morgan fingerprint density at radius 3 is 2.60 bits per heavy atom. The van der Waals surface area contributed by atoms with Crippen molar-refractivity contribution in [3.63, 3.8) is 0 Å². The van der Waals surface area contributed by atoms with Crippen LogP contribution in [0.25, 0.3) is 0 Å². The molecule has 0 unspecified atom stereocenters. The zero-order valence-electron chi connectivity index (χ0n) is 14.3. The van der Waals surface area contributed by atoms with Gasteiger partial charge in [-0.3, -0.25) is 4.79 Å². The molecule has 3 aromatic rings. The topological polar surface area (TPSA) is 92.9 Å². The van der Waals surface area contributed by atoms with E-state index < -0.39 is 0 Å². The Balaban J connectivity index is 1.72. The zero-order chi connectivity index (χ0) is 17.8.